The van der Waals surface area contributed by atoms with Crippen molar-refractivity contribution in [3.05, 3.63) is 0 Å². The summed E-state index contributed by atoms with van der Waals surface area (Å²) in [6.45, 7) is 16.4. The van der Waals surface area contributed by atoms with E-state index in [9.17, 15) is 5.11 Å². The maximum absolute atomic E-state index is 9.68. The Kier molecular flexibility index (Phi) is 12.0. The number of ether oxygens (including phenoxy) is 4. The third-order valence-electron chi connectivity index (χ3n) is 2.66. The Balaban J connectivity index is 3.24. The molecule has 0 heterocycles. The lowest BCUT2D eigenvalue weighted by atomic mass is 10.1. The average molecular weight is 335 g/mol. The van der Waals surface area contributed by atoms with Crippen LogP contribution in [0.1, 0.15) is 41.5 Å². The van der Waals surface area contributed by atoms with Gasteiger partial charge in [-0.3, -0.25) is 0 Å². The van der Waals surface area contributed by atoms with Crippen molar-refractivity contribution in [1.82, 2.24) is 5.32 Å². The normalized spacial score (nSPS) is 14.2. The molecule has 0 spiro atoms. The fourth-order valence-electron chi connectivity index (χ4n) is 1.55. The first kappa shape index (κ1) is 22.8. The van der Waals surface area contributed by atoms with E-state index in [1.54, 1.807) is 0 Å². The van der Waals surface area contributed by atoms with Gasteiger partial charge in [0.2, 0.25) is 0 Å². The number of aliphatic hydroxyl groups is 1. The number of hydrogen-bond donors (Lipinski definition) is 2. The Morgan fingerprint density at radius 1 is 0.783 bits per heavy atom. The number of rotatable bonds is 13. The van der Waals surface area contributed by atoms with Crippen molar-refractivity contribution in [2.75, 3.05) is 52.8 Å². The molecule has 0 amide bonds. The van der Waals surface area contributed by atoms with E-state index < -0.39 is 6.10 Å². The van der Waals surface area contributed by atoms with Crippen LogP contribution in [0.15, 0.2) is 0 Å². The molecule has 0 aromatic heterocycles. The smallest absolute Gasteiger partial charge is 0.101 e. The van der Waals surface area contributed by atoms with Crippen LogP contribution in [0.5, 0.6) is 0 Å². The average Bonchev–Trinajstić information content (AvgIpc) is 2.40. The lowest BCUT2D eigenvalue weighted by Crippen LogP contribution is -2.38. The molecule has 23 heavy (non-hydrogen) atoms. The SMILES string of the molecule is CC(C)(C)NCCOCCOCCOCC(O)COC(C)(C)C. The molecule has 6 nitrogen and oxygen atoms in total. The summed E-state index contributed by atoms with van der Waals surface area (Å²) < 4.78 is 21.7. The fraction of sp³-hybridized carbons (Fsp3) is 1.00. The topological polar surface area (TPSA) is 69.2 Å². The first-order valence-corrected chi connectivity index (χ1v) is 8.40. The van der Waals surface area contributed by atoms with Gasteiger partial charge in [-0.2, -0.15) is 0 Å². The van der Waals surface area contributed by atoms with E-state index >= 15 is 0 Å². The summed E-state index contributed by atoms with van der Waals surface area (Å²) in [7, 11) is 0. The second kappa shape index (κ2) is 12.2. The summed E-state index contributed by atoms with van der Waals surface area (Å²) in [5, 5.41) is 13.0. The van der Waals surface area contributed by atoms with Crippen LogP contribution in [-0.4, -0.2) is 75.1 Å². The van der Waals surface area contributed by atoms with Crippen LogP contribution < -0.4 is 5.32 Å². The van der Waals surface area contributed by atoms with E-state index in [1.165, 1.54) is 0 Å². The van der Waals surface area contributed by atoms with Gasteiger partial charge in [-0.1, -0.05) is 0 Å². The van der Waals surface area contributed by atoms with Crippen molar-refractivity contribution >= 4 is 0 Å². The summed E-state index contributed by atoms with van der Waals surface area (Å²) in [5.74, 6) is 0. The van der Waals surface area contributed by atoms with Gasteiger partial charge < -0.3 is 29.4 Å². The highest BCUT2D eigenvalue weighted by atomic mass is 16.5. The number of hydrogen-bond acceptors (Lipinski definition) is 6. The van der Waals surface area contributed by atoms with E-state index in [1.807, 2.05) is 20.8 Å². The molecule has 0 radical (unpaired) electrons. The molecule has 0 bridgehead atoms. The zero-order valence-electron chi connectivity index (χ0n) is 15.8. The van der Waals surface area contributed by atoms with Crippen molar-refractivity contribution in [3.8, 4) is 0 Å². The van der Waals surface area contributed by atoms with Gasteiger partial charge in [0.15, 0.2) is 0 Å². The molecule has 6 heteroatoms. The minimum Gasteiger partial charge on any atom is -0.388 e. The maximum Gasteiger partial charge on any atom is 0.101 e. The minimum absolute atomic E-state index is 0.125. The number of aliphatic hydroxyl groups excluding tert-OH is 1. The van der Waals surface area contributed by atoms with Crippen LogP contribution in [0, 0.1) is 0 Å². The van der Waals surface area contributed by atoms with Gasteiger partial charge in [-0.05, 0) is 41.5 Å². The third kappa shape index (κ3) is 19.7. The van der Waals surface area contributed by atoms with Crippen LogP contribution in [0.3, 0.4) is 0 Å². The summed E-state index contributed by atoms with van der Waals surface area (Å²) in [6.07, 6.45) is -0.604. The Bertz CT molecular complexity index is 273. The summed E-state index contributed by atoms with van der Waals surface area (Å²) in [4.78, 5) is 0. The standard InChI is InChI=1S/C17H37NO5/c1-16(2,3)18-7-8-20-9-10-21-11-12-22-13-15(19)14-23-17(4,5)6/h15,18-19H,7-14H2,1-6H3. The van der Waals surface area contributed by atoms with Crippen molar-refractivity contribution in [2.45, 2.75) is 58.8 Å². The first-order valence-electron chi connectivity index (χ1n) is 8.40. The van der Waals surface area contributed by atoms with Gasteiger partial charge in [-0.25, -0.2) is 0 Å². The lowest BCUT2D eigenvalue weighted by Gasteiger charge is -2.21. The molecular weight excluding hydrogens is 298 g/mol. The second-order valence-electron chi connectivity index (χ2n) is 7.55. The zero-order chi connectivity index (χ0) is 17.8. The van der Waals surface area contributed by atoms with Gasteiger partial charge in [0.25, 0.3) is 0 Å². The Labute approximate surface area is 141 Å². The van der Waals surface area contributed by atoms with Crippen LogP contribution >= 0.6 is 0 Å². The summed E-state index contributed by atoms with van der Waals surface area (Å²) >= 11 is 0. The Morgan fingerprint density at radius 2 is 1.30 bits per heavy atom. The molecule has 0 saturated carbocycles. The molecule has 0 saturated heterocycles. The minimum atomic E-state index is -0.604. The van der Waals surface area contributed by atoms with Crippen molar-refractivity contribution in [3.63, 3.8) is 0 Å². The molecule has 1 unspecified atom stereocenters. The van der Waals surface area contributed by atoms with Gasteiger partial charge >= 0.3 is 0 Å². The quantitative estimate of drug-likeness (QED) is 0.498. The van der Waals surface area contributed by atoms with Crippen molar-refractivity contribution in [2.24, 2.45) is 0 Å². The molecule has 0 aromatic carbocycles. The van der Waals surface area contributed by atoms with Crippen molar-refractivity contribution in [1.29, 1.82) is 0 Å². The third-order valence-corrected chi connectivity index (χ3v) is 2.66. The van der Waals surface area contributed by atoms with Gasteiger partial charge in [0, 0.05) is 12.1 Å². The zero-order valence-corrected chi connectivity index (χ0v) is 15.8. The van der Waals surface area contributed by atoms with Crippen LogP contribution in [-0.2, 0) is 18.9 Å². The highest BCUT2D eigenvalue weighted by Gasteiger charge is 2.13. The summed E-state index contributed by atoms with van der Waals surface area (Å²) in [5.41, 5.74) is -0.119. The molecule has 2 N–H and O–H groups in total. The molecule has 0 rings (SSSR count). The maximum atomic E-state index is 9.68. The Morgan fingerprint density at radius 3 is 1.83 bits per heavy atom. The van der Waals surface area contributed by atoms with Crippen LogP contribution in [0.2, 0.25) is 0 Å². The van der Waals surface area contributed by atoms with E-state index in [0.717, 1.165) is 6.54 Å². The second-order valence-corrected chi connectivity index (χ2v) is 7.55. The van der Waals surface area contributed by atoms with E-state index in [2.05, 4.69) is 26.1 Å². The number of nitrogens with one attached hydrogen (secondary N) is 1. The van der Waals surface area contributed by atoms with E-state index in [4.69, 9.17) is 18.9 Å². The largest absolute Gasteiger partial charge is 0.388 e. The van der Waals surface area contributed by atoms with Gasteiger partial charge in [0.1, 0.15) is 6.10 Å². The fourth-order valence-corrected chi connectivity index (χ4v) is 1.55. The van der Waals surface area contributed by atoms with Crippen molar-refractivity contribution < 1.29 is 24.1 Å². The molecule has 1 atom stereocenters. The van der Waals surface area contributed by atoms with Crippen LogP contribution in [0.25, 0.3) is 0 Å². The lowest BCUT2D eigenvalue weighted by molar-refractivity contribution is -0.0763. The molecule has 0 aliphatic heterocycles. The first-order chi connectivity index (χ1) is 10.6. The van der Waals surface area contributed by atoms with Gasteiger partial charge in [0.05, 0.1) is 51.8 Å². The highest BCUT2D eigenvalue weighted by Crippen LogP contribution is 2.07. The van der Waals surface area contributed by atoms with Crippen LogP contribution in [0.4, 0.5) is 0 Å². The monoisotopic (exact) mass is 335 g/mol. The predicted octanol–water partition coefficient (Wildman–Crippen LogP) is 1.60. The van der Waals surface area contributed by atoms with E-state index in [-0.39, 0.29) is 24.4 Å². The highest BCUT2D eigenvalue weighted by molar-refractivity contribution is 4.69. The summed E-state index contributed by atoms with van der Waals surface area (Å²) in [6, 6.07) is 0. The Hall–Kier alpha value is -0.240. The molecule has 0 aliphatic rings. The molecule has 140 valence electrons. The molecule has 0 aliphatic carbocycles. The van der Waals surface area contributed by atoms with E-state index in [0.29, 0.717) is 33.0 Å². The molecule has 0 aromatic rings. The molecular formula is C17H37NO5. The van der Waals surface area contributed by atoms with Gasteiger partial charge in [-0.15, -0.1) is 0 Å². The molecule has 0 fully saturated rings. The predicted molar refractivity (Wildman–Crippen MR) is 91.9 cm³/mol.